The minimum Gasteiger partial charge on any atom is -0.550 e. The molecule has 0 amide bonds. The number of allylic oxidation sites excluding steroid dienone is 3. The zero-order chi connectivity index (χ0) is 17.7. The molecule has 0 radical (unpaired) electrons. The summed E-state index contributed by atoms with van der Waals surface area (Å²) < 4.78 is 5.77. The smallest absolute Gasteiger partial charge is 0.310 e. The highest BCUT2D eigenvalue weighted by Crippen LogP contribution is 2.06. The molecular formula is C18H31NO4. The number of hydrogen-bond acceptors (Lipinski definition) is 4. The van der Waals surface area contributed by atoms with Crippen molar-refractivity contribution in [3.63, 3.8) is 0 Å². The quantitative estimate of drug-likeness (QED) is 0.238. The Bertz CT molecular complexity index is 408. The molecule has 0 aromatic heterocycles. The van der Waals surface area contributed by atoms with E-state index in [1.807, 2.05) is 27.2 Å². The van der Waals surface area contributed by atoms with Crippen LogP contribution in [-0.2, 0) is 14.3 Å². The first-order valence-electron chi connectivity index (χ1n) is 8.24. The van der Waals surface area contributed by atoms with E-state index in [4.69, 9.17) is 4.74 Å². The Kier molecular flexibility index (Phi) is 11.0. The molecule has 0 N–H and O–H groups in total. The number of carbonyl (C=O) groups excluding carboxylic acids is 2. The molecule has 0 aliphatic carbocycles. The van der Waals surface area contributed by atoms with Crippen LogP contribution in [0.4, 0.5) is 0 Å². The summed E-state index contributed by atoms with van der Waals surface area (Å²) in [6, 6.07) is 0. The molecule has 0 fully saturated rings. The van der Waals surface area contributed by atoms with Crippen LogP contribution in [-0.4, -0.2) is 50.2 Å². The van der Waals surface area contributed by atoms with Gasteiger partial charge in [0, 0.05) is 12.4 Å². The van der Waals surface area contributed by atoms with Gasteiger partial charge >= 0.3 is 5.97 Å². The molecule has 0 saturated carbocycles. The summed E-state index contributed by atoms with van der Waals surface area (Å²) in [7, 11) is 5.75. The number of carboxylic acid groups (broad SMARTS) is 1. The summed E-state index contributed by atoms with van der Waals surface area (Å²) in [5.74, 6) is -1.61. The standard InChI is InChI=1S/C18H31NO4/c1-5-6-7-8-9-10-11-12-13-18(22)23-16(14-17(20)21)15-19(2,3)4/h8-9,11-12,16H,5-7,10,13-15H2,1-4H3/b9-8+,12-11+. The number of esters is 1. The lowest BCUT2D eigenvalue weighted by molar-refractivity contribution is -0.873. The molecule has 0 saturated heterocycles. The van der Waals surface area contributed by atoms with Crippen molar-refractivity contribution in [3.05, 3.63) is 24.3 Å². The molecule has 1 atom stereocenters. The lowest BCUT2D eigenvalue weighted by atomic mass is 10.2. The van der Waals surface area contributed by atoms with E-state index in [0.29, 0.717) is 11.0 Å². The van der Waals surface area contributed by atoms with E-state index in [-0.39, 0.29) is 12.8 Å². The summed E-state index contributed by atoms with van der Waals surface area (Å²) in [4.78, 5) is 22.5. The second kappa shape index (κ2) is 11.9. The average molecular weight is 325 g/mol. The van der Waals surface area contributed by atoms with Gasteiger partial charge in [-0.25, -0.2) is 0 Å². The monoisotopic (exact) mass is 325 g/mol. The van der Waals surface area contributed by atoms with E-state index in [2.05, 4.69) is 19.1 Å². The number of likely N-dealkylation sites (N-methyl/N-ethyl adjacent to an activating group) is 1. The maximum absolute atomic E-state index is 11.8. The molecule has 0 aliphatic heterocycles. The highest BCUT2D eigenvalue weighted by molar-refractivity contribution is 5.72. The third-order valence-electron chi connectivity index (χ3n) is 3.06. The first-order chi connectivity index (χ1) is 10.7. The van der Waals surface area contributed by atoms with Crippen molar-refractivity contribution in [2.75, 3.05) is 27.7 Å². The van der Waals surface area contributed by atoms with Crippen molar-refractivity contribution < 1.29 is 23.9 Å². The van der Waals surface area contributed by atoms with Crippen LogP contribution >= 0.6 is 0 Å². The second-order valence-corrected chi connectivity index (χ2v) is 6.69. The molecule has 0 aliphatic rings. The highest BCUT2D eigenvalue weighted by atomic mass is 16.5. The molecule has 0 aromatic rings. The summed E-state index contributed by atoms with van der Waals surface area (Å²) in [5.41, 5.74) is 0. The molecule has 0 spiro atoms. The Morgan fingerprint density at radius 3 is 2.35 bits per heavy atom. The van der Waals surface area contributed by atoms with E-state index < -0.39 is 18.0 Å². The summed E-state index contributed by atoms with van der Waals surface area (Å²) in [5, 5.41) is 10.8. The molecule has 23 heavy (non-hydrogen) atoms. The maximum atomic E-state index is 11.8. The van der Waals surface area contributed by atoms with Gasteiger partial charge in [0.15, 0.2) is 6.10 Å². The third kappa shape index (κ3) is 15.1. The number of hydrogen-bond donors (Lipinski definition) is 0. The highest BCUT2D eigenvalue weighted by Gasteiger charge is 2.21. The number of ether oxygens (including phenoxy) is 1. The van der Waals surface area contributed by atoms with Gasteiger partial charge in [-0.3, -0.25) is 4.79 Å². The van der Waals surface area contributed by atoms with Gasteiger partial charge in [-0.05, 0) is 12.8 Å². The fraction of sp³-hybridized carbons (Fsp3) is 0.667. The second-order valence-electron chi connectivity index (χ2n) is 6.69. The fourth-order valence-electron chi connectivity index (χ4n) is 2.06. The SMILES string of the molecule is CCCC/C=C/C/C=C/CC(=O)OC(CC(=O)[O-])C[N+](C)(C)C. The van der Waals surface area contributed by atoms with Gasteiger partial charge < -0.3 is 19.1 Å². The molecule has 132 valence electrons. The van der Waals surface area contributed by atoms with Crippen molar-refractivity contribution >= 4 is 11.9 Å². The normalized spacial score (nSPS) is 13.6. The Morgan fingerprint density at radius 1 is 1.13 bits per heavy atom. The summed E-state index contributed by atoms with van der Waals surface area (Å²) in [6.45, 7) is 2.59. The molecular weight excluding hydrogens is 294 g/mol. The fourth-order valence-corrected chi connectivity index (χ4v) is 2.06. The van der Waals surface area contributed by atoms with Crippen LogP contribution in [0.1, 0.15) is 45.4 Å². The molecule has 0 heterocycles. The Labute approximate surface area is 140 Å². The largest absolute Gasteiger partial charge is 0.550 e. The third-order valence-corrected chi connectivity index (χ3v) is 3.06. The Balaban J connectivity index is 4.16. The van der Waals surface area contributed by atoms with E-state index in [1.54, 1.807) is 6.08 Å². The Morgan fingerprint density at radius 2 is 1.78 bits per heavy atom. The number of rotatable bonds is 12. The van der Waals surface area contributed by atoms with Crippen molar-refractivity contribution in [2.24, 2.45) is 0 Å². The number of nitrogens with zero attached hydrogens (tertiary/aromatic N) is 1. The molecule has 5 heteroatoms. The van der Waals surface area contributed by atoms with Gasteiger partial charge in [-0.1, -0.05) is 44.1 Å². The van der Waals surface area contributed by atoms with E-state index >= 15 is 0 Å². The lowest BCUT2D eigenvalue weighted by Gasteiger charge is -2.29. The van der Waals surface area contributed by atoms with Crippen LogP contribution in [0.2, 0.25) is 0 Å². The van der Waals surface area contributed by atoms with Crippen LogP contribution in [0.15, 0.2) is 24.3 Å². The minimum absolute atomic E-state index is 0.156. The molecule has 0 aromatic carbocycles. The number of quaternary nitrogens is 1. The first-order valence-corrected chi connectivity index (χ1v) is 8.24. The van der Waals surface area contributed by atoms with Gasteiger partial charge in [-0.15, -0.1) is 0 Å². The van der Waals surface area contributed by atoms with Crippen LogP contribution in [0, 0.1) is 0 Å². The van der Waals surface area contributed by atoms with Crippen LogP contribution in [0.3, 0.4) is 0 Å². The summed E-state index contributed by atoms with van der Waals surface area (Å²) in [6.07, 6.45) is 11.4. The van der Waals surface area contributed by atoms with Crippen molar-refractivity contribution in [1.29, 1.82) is 0 Å². The van der Waals surface area contributed by atoms with Gasteiger partial charge in [0.1, 0.15) is 6.54 Å². The van der Waals surface area contributed by atoms with Crippen molar-refractivity contribution in [3.8, 4) is 0 Å². The average Bonchev–Trinajstić information content (AvgIpc) is 2.39. The first kappa shape index (κ1) is 21.4. The van der Waals surface area contributed by atoms with E-state index in [1.165, 1.54) is 12.8 Å². The van der Waals surface area contributed by atoms with Crippen LogP contribution < -0.4 is 5.11 Å². The van der Waals surface area contributed by atoms with Gasteiger partial charge in [0.05, 0.1) is 27.6 Å². The van der Waals surface area contributed by atoms with Crippen molar-refractivity contribution in [1.82, 2.24) is 0 Å². The molecule has 0 rings (SSSR count). The summed E-state index contributed by atoms with van der Waals surface area (Å²) >= 11 is 0. The number of carboxylic acids is 1. The predicted molar refractivity (Wildman–Crippen MR) is 89.4 cm³/mol. The Hall–Kier alpha value is -1.62. The zero-order valence-corrected chi connectivity index (χ0v) is 14.9. The van der Waals surface area contributed by atoms with Crippen molar-refractivity contribution in [2.45, 2.75) is 51.6 Å². The topological polar surface area (TPSA) is 66.4 Å². The predicted octanol–water partition coefficient (Wildman–Crippen LogP) is 1.83. The van der Waals surface area contributed by atoms with Crippen LogP contribution in [0.25, 0.3) is 0 Å². The molecule has 1 unspecified atom stereocenters. The van der Waals surface area contributed by atoms with Gasteiger partial charge in [0.2, 0.25) is 0 Å². The minimum atomic E-state index is -1.20. The van der Waals surface area contributed by atoms with Crippen LogP contribution in [0.5, 0.6) is 0 Å². The number of aliphatic carboxylic acids is 1. The number of unbranched alkanes of at least 4 members (excludes halogenated alkanes) is 2. The number of carbonyl (C=O) groups is 2. The molecule has 5 nitrogen and oxygen atoms in total. The zero-order valence-electron chi connectivity index (χ0n) is 14.9. The maximum Gasteiger partial charge on any atom is 0.310 e. The van der Waals surface area contributed by atoms with Gasteiger partial charge in [-0.2, -0.15) is 0 Å². The van der Waals surface area contributed by atoms with E-state index in [0.717, 1.165) is 12.8 Å². The van der Waals surface area contributed by atoms with E-state index in [9.17, 15) is 14.7 Å². The molecule has 0 bridgehead atoms. The van der Waals surface area contributed by atoms with Gasteiger partial charge in [0.25, 0.3) is 0 Å². The lowest BCUT2D eigenvalue weighted by Crippen LogP contribution is -2.45.